The molecule has 2 rings (SSSR count). The van der Waals surface area contributed by atoms with E-state index in [9.17, 15) is 4.79 Å². The molecule has 2 nitrogen and oxygen atoms in total. The van der Waals surface area contributed by atoms with Crippen molar-refractivity contribution in [2.75, 3.05) is 0 Å². The van der Waals surface area contributed by atoms with Crippen molar-refractivity contribution in [1.29, 1.82) is 0 Å². The molecule has 0 atom stereocenters. The van der Waals surface area contributed by atoms with Gasteiger partial charge in [-0.3, -0.25) is 0 Å². The van der Waals surface area contributed by atoms with Crippen LogP contribution in [-0.4, -0.2) is 12.1 Å². The summed E-state index contributed by atoms with van der Waals surface area (Å²) in [6.07, 6.45) is 14.9. The first-order valence-electron chi connectivity index (χ1n) is 8.56. The lowest BCUT2D eigenvalue weighted by molar-refractivity contribution is -0.145. The zero-order valence-electron chi connectivity index (χ0n) is 13.1. The van der Waals surface area contributed by atoms with Crippen molar-refractivity contribution >= 4 is 5.97 Å². The van der Waals surface area contributed by atoms with Gasteiger partial charge in [-0.15, -0.1) is 0 Å². The van der Waals surface area contributed by atoms with E-state index in [1.807, 2.05) is 13.0 Å². The molecule has 0 N–H and O–H groups in total. The second kappa shape index (κ2) is 7.85. The minimum absolute atomic E-state index is 0.151. The van der Waals surface area contributed by atoms with Crippen LogP contribution in [0.3, 0.4) is 0 Å². The fourth-order valence-electron chi connectivity index (χ4n) is 3.85. The minimum Gasteiger partial charge on any atom is -0.459 e. The molecule has 0 aromatic heterocycles. The molecule has 2 heteroatoms. The Hall–Kier alpha value is -0.790. The van der Waals surface area contributed by atoms with Gasteiger partial charge in [0.05, 0.1) is 0 Å². The molecular formula is C18H30O2. The van der Waals surface area contributed by atoms with Crippen LogP contribution in [0.2, 0.25) is 0 Å². The third-order valence-electron chi connectivity index (χ3n) is 5.22. The van der Waals surface area contributed by atoms with Gasteiger partial charge in [0.1, 0.15) is 6.10 Å². The topological polar surface area (TPSA) is 26.3 Å². The van der Waals surface area contributed by atoms with Crippen LogP contribution in [0.1, 0.15) is 71.6 Å². The molecule has 0 radical (unpaired) electrons. The van der Waals surface area contributed by atoms with E-state index in [-0.39, 0.29) is 12.1 Å². The molecule has 0 aromatic carbocycles. The number of carbonyl (C=O) groups is 1. The van der Waals surface area contributed by atoms with Crippen molar-refractivity contribution in [3.63, 3.8) is 0 Å². The maximum atomic E-state index is 11.6. The maximum Gasteiger partial charge on any atom is 0.330 e. The van der Waals surface area contributed by atoms with E-state index in [0.717, 1.165) is 37.0 Å². The van der Waals surface area contributed by atoms with Gasteiger partial charge in [0.25, 0.3) is 0 Å². The van der Waals surface area contributed by atoms with Gasteiger partial charge in [-0.25, -0.2) is 4.79 Å². The smallest absolute Gasteiger partial charge is 0.330 e. The molecule has 0 amide bonds. The van der Waals surface area contributed by atoms with Crippen LogP contribution in [0.15, 0.2) is 12.2 Å². The fourth-order valence-corrected chi connectivity index (χ4v) is 3.85. The van der Waals surface area contributed by atoms with Crippen molar-refractivity contribution in [2.45, 2.75) is 77.7 Å². The van der Waals surface area contributed by atoms with Crippen LogP contribution < -0.4 is 0 Å². The van der Waals surface area contributed by atoms with E-state index in [0.29, 0.717) is 0 Å². The average molecular weight is 278 g/mol. The Morgan fingerprint density at radius 3 is 2.10 bits per heavy atom. The summed E-state index contributed by atoms with van der Waals surface area (Å²) in [5.41, 5.74) is 0. The Labute approximate surface area is 124 Å². The first kappa shape index (κ1) is 15.6. The largest absolute Gasteiger partial charge is 0.459 e. The van der Waals surface area contributed by atoms with Crippen molar-refractivity contribution < 1.29 is 9.53 Å². The normalized spacial score (nSPS) is 35.1. The Balaban J connectivity index is 1.69. The lowest BCUT2D eigenvalue weighted by atomic mass is 9.71. The van der Waals surface area contributed by atoms with E-state index < -0.39 is 0 Å². The number of carbonyl (C=O) groups excluding carboxylic acids is 1. The third kappa shape index (κ3) is 4.64. The average Bonchev–Trinajstić information content (AvgIpc) is 2.47. The van der Waals surface area contributed by atoms with E-state index in [2.05, 4.69) is 6.92 Å². The summed E-state index contributed by atoms with van der Waals surface area (Å²) in [6, 6.07) is 0. The Morgan fingerprint density at radius 2 is 1.55 bits per heavy atom. The number of ether oxygens (including phenoxy) is 1. The van der Waals surface area contributed by atoms with Crippen LogP contribution >= 0.6 is 0 Å². The molecular weight excluding hydrogens is 248 g/mol. The van der Waals surface area contributed by atoms with Gasteiger partial charge in [-0.1, -0.05) is 32.8 Å². The molecule has 114 valence electrons. The number of esters is 1. The molecule has 0 heterocycles. The highest BCUT2D eigenvalue weighted by molar-refractivity contribution is 5.82. The predicted molar refractivity (Wildman–Crippen MR) is 82.4 cm³/mol. The molecule has 2 fully saturated rings. The van der Waals surface area contributed by atoms with Crippen LogP contribution in [0.5, 0.6) is 0 Å². The SMILES string of the molecule is CC/C=C/C(=O)OC1CCC(C2CCC(C)CC2)CC1. The highest BCUT2D eigenvalue weighted by Crippen LogP contribution is 2.40. The highest BCUT2D eigenvalue weighted by Gasteiger charge is 2.30. The molecule has 0 unspecified atom stereocenters. The second-order valence-corrected chi connectivity index (χ2v) is 6.80. The van der Waals surface area contributed by atoms with Crippen molar-refractivity contribution in [3.05, 3.63) is 12.2 Å². The van der Waals surface area contributed by atoms with Crippen molar-refractivity contribution in [3.8, 4) is 0 Å². The first-order valence-corrected chi connectivity index (χ1v) is 8.56. The van der Waals surface area contributed by atoms with Crippen molar-refractivity contribution in [2.24, 2.45) is 17.8 Å². The summed E-state index contributed by atoms with van der Waals surface area (Å²) in [6.45, 7) is 4.41. The van der Waals surface area contributed by atoms with Gasteiger partial charge in [0.15, 0.2) is 0 Å². The van der Waals surface area contributed by atoms with Gasteiger partial charge >= 0.3 is 5.97 Å². The van der Waals surface area contributed by atoms with Crippen LogP contribution in [0, 0.1) is 17.8 Å². The summed E-state index contributed by atoms with van der Waals surface area (Å²) < 4.78 is 5.52. The molecule has 0 bridgehead atoms. The first-order chi connectivity index (χ1) is 9.69. The van der Waals surface area contributed by atoms with E-state index in [1.54, 1.807) is 6.08 Å². The summed E-state index contributed by atoms with van der Waals surface area (Å²) in [4.78, 5) is 11.6. The highest BCUT2D eigenvalue weighted by atomic mass is 16.5. The Bertz CT molecular complexity index is 318. The molecule has 0 spiro atoms. The van der Waals surface area contributed by atoms with Gasteiger partial charge < -0.3 is 4.74 Å². The van der Waals surface area contributed by atoms with Crippen LogP contribution in [0.25, 0.3) is 0 Å². The molecule has 20 heavy (non-hydrogen) atoms. The van der Waals surface area contributed by atoms with Gasteiger partial charge in [-0.05, 0) is 62.7 Å². The Kier molecular flexibility index (Phi) is 6.12. The number of hydrogen-bond donors (Lipinski definition) is 0. The minimum atomic E-state index is -0.151. The van der Waals surface area contributed by atoms with Crippen LogP contribution in [-0.2, 0) is 9.53 Å². The zero-order valence-corrected chi connectivity index (χ0v) is 13.1. The lowest BCUT2D eigenvalue weighted by Crippen LogP contribution is -2.29. The van der Waals surface area contributed by atoms with E-state index >= 15 is 0 Å². The standard InChI is InChI=1S/C18H30O2/c1-3-4-5-18(19)20-17-12-10-16(11-13-17)15-8-6-14(2)7-9-15/h4-5,14-17H,3,6-13H2,1-2H3/b5-4+. The molecule has 2 aliphatic rings. The molecule has 2 saturated carbocycles. The van der Waals surface area contributed by atoms with Gasteiger partial charge in [-0.2, -0.15) is 0 Å². The summed E-state index contributed by atoms with van der Waals surface area (Å²) >= 11 is 0. The van der Waals surface area contributed by atoms with Crippen molar-refractivity contribution in [1.82, 2.24) is 0 Å². The van der Waals surface area contributed by atoms with E-state index in [1.165, 1.54) is 38.5 Å². The summed E-state index contributed by atoms with van der Waals surface area (Å²) in [5, 5.41) is 0. The predicted octanol–water partition coefficient (Wildman–Crippen LogP) is 4.88. The number of allylic oxidation sites excluding steroid dienone is 1. The molecule has 0 aliphatic heterocycles. The Morgan fingerprint density at radius 1 is 1.00 bits per heavy atom. The number of rotatable bonds is 4. The summed E-state index contributed by atoms with van der Waals surface area (Å²) in [5.74, 6) is 2.63. The quantitative estimate of drug-likeness (QED) is 0.541. The van der Waals surface area contributed by atoms with Gasteiger partial charge in [0, 0.05) is 6.08 Å². The molecule has 0 saturated heterocycles. The summed E-state index contributed by atoms with van der Waals surface area (Å²) in [7, 11) is 0. The van der Waals surface area contributed by atoms with E-state index in [4.69, 9.17) is 4.74 Å². The maximum absolute atomic E-state index is 11.6. The van der Waals surface area contributed by atoms with Crippen LogP contribution in [0.4, 0.5) is 0 Å². The number of hydrogen-bond acceptors (Lipinski definition) is 2. The molecule has 0 aromatic rings. The monoisotopic (exact) mass is 278 g/mol. The zero-order chi connectivity index (χ0) is 14.4. The van der Waals surface area contributed by atoms with Gasteiger partial charge in [0.2, 0.25) is 0 Å². The second-order valence-electron chi connectivity index (χ2n) is 6.80. The third-order valence-corrected chi connectivity index (χ3v) is 5.22. The lowest BCUT2D eigenvalue weighted by Gasteiger charge is -2.36. The fraction of sp³-hybridized carbons (Fsp3) is 0.833. The molecule has 2 aliphatic carbocycles.